The molecule has 0 aliphatic carbocycles. The van der Waals surface area contributed by atoms with Crippen LogP contribution < -0.4 is 5.32 Å². The summed E-state index contributed by atoms with van der Waals surface area (Å²) in [5.74, 6) is -2.39. The summed E-state index contributed by atoms with van der Waals surface area (Å²) in [4.78, 5) is 23.1. The van der Waals surface area contributed by atoms with E-state index in [2.05, 4.69) is 5.32 Å². The normalized spacial score (nSPS) is 14.5. The maximum atomic E-state index is 12.4. The van der Waals surface area contributed by atoms with Gasteiger partial charge in [0.25, 0.3) is 5.91 Å². The Hall–Kier alpha value is -1.99. The zero-order chi connectivity index (χ0) is 16.2. The first-order valence-electron chi connectivity index (χ1n) is 6.41. The predicted octanol–water partition coefficient (Wildman–Crippen LogP) is 2.28. The molecule has 1 amide bonds. The average molecular weight is 306 g/mol. The van der Waals surface area contributed by atoms with E-state index in [1.54, 1.807) is 13.8 Å². The Morgan fingerprint density at radius 3 is 2.52 bits per heavy atom. The number of aliphatic carboxylic acids is 1. The van der Waals surface area contributed by atoms with Crippen molar-refractivity contribution in [2.45, 2.75) is 39.0 Å². The van der Waals surface area contributed by atoms with Gasteiger partial charge in [-0.3, -0.25) is 4.79 Å². The molecule has 0 saturated heterocycles. The molecule has 0 fully saturated rings. The van der Waals surface area contributed by atoms with Crippen LogP contribution in [0.5, 0.6) is 0 Å². The fraction of sp³-hybridized carbons (Fsp3) is 0.538. The molecule has 2 unspecified atom stereocenters. The molecule has 2 N–H and O–H groups in total. The standard InChI is InChI=1S/C13H17F3N2O3/c1-3-8(2)10(12(20)21)17-11(19)9-5-4-6-18(9)7-13(14,15)16/h4-6,8,10H,3,7H2,1-2H3,(H,17,19)(H,20,21). The maximum Gasteiger partial charge on any atom is 0.406 e. The number of carboxylic acids is 1. The van der Waals surface area contributed by atoms with Gasteiger partial charge in [-0.1, -0.05) is 20.3 Å². The van der Waals surface area contributed by atoms with Gasteiger partial charge < -0.3 is 15.0 Å². The highest BCUT2D eigenvalue weighted by Crippen LogP contribution is 2.19. The van der Waals surface area contributed by atoms with Gasteiger partial charge in [0.2, 0.25) is 0 Å². The third-order valence-electron chi connectivity index (χ3n) is 3.18. The molecule has 0 spiro atoms. The van der Waals surface area contributed by atoms with Gasteiger partial charge >= 0.3 is 12.1 Å². The molecular weight excluding hydrogens is 289 g/mol. The van der Waals surface area contributed by atoms with Crippen molar-refractivity contribution >= 4 is 11.9 Å². The molecule has 1 aromatic heterocycles. The van der Waals surface area contributed by atoms with Crippen molar-refractivity contribution in [3.63, 3.8) is 0 Å². The minimum Gasteiger partial charge on any atom is -0.480 e. The lowest BCUT2D eigenvalue weighted by Crippen LogP contribution is -2.45. The quantitative estimate of drug-likeness (QED) is 0.847. The Bertz CT molecular complexity index is 511. The number of nitrogens with zero attached hydrogens (tertiary/aromatic N) is 1. The van der Waals surface area contributed by atoms with E-state index in [9.17, 15) is 22.8 Å². The zero-order valence-corrected chi connectivity index (χ0v) is 11.6. The van der Waals surface area contributed by atoms with Crippen LogP contribution in [0, 0.1) is 5.92 Å². The molecule has 8 heteroatoms. The first kappa shape index (κ1) is 17.1. The van der Waals surface area contributed by atoms with E-state index < -0.39 is 30.6 Å². The molecule has 0 aliphatic rings. The Morgan fingerprint density at radius 1 is 1.43 bits per heavy atom. The van der Waals surface area contributed by atoms with Crippen molar-refractivity contribution in [1.82, 2.24) is 9.88 Å². The van der Waals surface area contributed by atoms with Crippen LogP contribution in [-0.2, 0) is 11.3 Å². The minimum absolute atomic E-state index is 0.220. The molecule has 2 atom stereocenters. The van der Waals surface area contributed by atoms with Gasteiger partial charge in [-0.25, -0.2) is 4.79 Å². The molecule has 0 bridgehead atoms. The Balaban J connectivity index is 2.89. The van der Waals surface area contributed by atoms with Crippen molar-refractivity contribution in [3.05, 3.63) is 24.0 Å². The van der Waals surface area contributed by atoms with Crippen LogP contribution in [0.2, 0.25) is 0 Å². The smallest absolute Gasteiger partial charge is 0.406 e. The van der Waals surface area contributed by atoms with Crippen molar-refractivity contribution in [2.75, 3.05) is 0 Å². The van der Waals surface area contributed by atoms with E-state index in [0.29, 0.717) is 6.42 Å². The lowest BCUT2D eigenvalue weighted by atomic mass is 9.99. The Kier molecular flexibility index (Phi) is 5.40. The van der Waals surface area contributed by atoms with Crippen molar-refractivity contribution < 1.29 is 27.9 Å². The highest BCUT2D eigenvalue weighted by Gasteiger charge is 2.31. The number of rotatable bonds is 6. The molecule has 0 aromatic carbocycles. The van der Waals surface area contributed by atoms with E-state index in [-0.39, 0.29) is 11.6 Å². The summed E-state index contributed by atoms with van der Waals surface area (Å²) in [6.07, 6.45) is -2.82. The number of amides is 1. The summed E-state index contributed by atoms with van der Waals surface area (Å²) in [5, 5.41) is 11.3. The fourth-order valence-electron chi connectivity index (χ4n) is 1.85. The van der Waals surface area contributed by atoms with Crippen LogP contribution in [0.3, 0.4) is 0 Å². The second-order valence-electron chi connectivity index (χ2n) is 4.81. The first-order valence-corrected chi connectivity index (χ1v) is 6.41. The molecule has 118 valence electrons. The lowest BCUT2D eigenvalue weighted by molar-refractivity contribution is -0.142. The van der Waals surface area contributed by atoms with Gasteiger partial charge in [0.15, 0.2) is 0 Å². The second-order valence-corrected chi connectivity index (χ2v) is 4.81. The van der Waals surface area contributed by atoms with Gasteiger partial charge in [0.1, 0.15) is 18.3 Å². The second kappa shape index (κ2) is 6.64. The van der Waals surface area contributed by atoms with Crippen LogP contribution in [0.25, 0.3) is 0 Å². The van der Waals surface area contributed by atoms with Crippen molar-refractivity contribution in [2.24, 2.45) is 5.92 Å². The van der Waals surface area contributed by atoms with E-state index >= 15 is 0 Å². The number of carbonyl (C=O) groups is 2. The van der Waals surface area contributed by atoms with Gasteiger partial charge in [-0.05, 0) is 18.1 Å². The number of carboxylic acid groups (broad SMARTS) is 1. The fourth-order valence-corrected chi connectivity index (χ4v) is 1.85. The minimum atomic E-state index is -4.46. The van der Waals surface area contributed by atoms with Crippen LogP contribution in [-0.4, -0.2) is 33.8 Å². The molecule has 0 radical (unpaired) electrons. The zero-order valence-electron chi connectivity index (χ0n) is 11.6. The average Bonchev–Trinajstić information content (AvgIpc) is 2.80. The molecule has 0 saturated carbocycles. The number of hydrogen-bond donors (Lipinski definition) is 2. The van der Waals surface area contributed by atoms with Gasteiger partial charge in [-0.2, -0.15) is 13.2 Å². The number of halogens is 3. The summed E-state index contributed by atoms with van der Waals surface area (Å²) in [5.41, 5.74) is -0.220. The van der Waals surface area contributed by atoms with E-state index in [1.807, 2.05) is 0 Å². The van der Waals surface area contributed by atoms with E-state index in [4.69, 9.17) is 5.11 Å². The van der Waals surface area contributed by atoms with Crippen LogP contribution in [0.1, 0.15) is 30.8 Å². The first-order chi connectivity index (χ1) is 9.65. The number of hydrogen-bond acceptors (Lipinski definition) is 2. The summed E-state index contributed by atoms with van der Waals surface area (Å²) in [6, 6.07) is 1.38. The molecular formula is C13H17F3N2O3. The largest absolute Gasteiger partial charge is 0.480 e. The Labute approximate surface area is 119 Å². The van der Waals surface area contributed by atoms with Crippen LogP contribution in [0.4, 0.5) is 13.2 Å². The van der Waals surface area contributed by atoms with Gasteiger partial charge in [0.05, 0.1) is 0 Å². The molecule has 1 rings (SSSR count). The van der Waals surface area contributed by atoms with Crippen molar-refractivity contribution in [1.29, 1.82) is 0 Å². The highest BCUT2D eigenvalue weighted by atomic mass is 19.4. The van der Waals surface area contributed by atoms with Gasteiger partial charge in [-0.15, -0.1) is 0 Å². The number of aromatic nitrogens is 1. The summed E-state index contributed by atoms with van der Waals surface area (Å²) >= 11 is 0. The molecule has 1 heterocycles. The maximum absolute atomic E-state index is 12.4. The topological polar surface area (TPSA) is 71.3 Å². The molecule has 1 aromatic rings. The van der Waals surface area contributed by atoms with Crippen LogP contribution >= 0.6 is 0 Å². The van der Waals surface area contributed by atoms with Crippen molar-refractivity contribution in [3.8, 4) is 0 Å². The summed E-state index contributed by atoms with van der Waals surface area (Å²) in [6.45, 7) is 2.11. The molecule has 21 heavy (non-hydrogen) atoms. The monoisotopic (exact) mass is 306 g/mol. The summed E-state index contributed by atoms with van der Waals surface area (Å²) < 4.78 is 37.9. The number of alkyl halides is 3. The van der Waals surface area contributed by atoms with E-state index in [0.717, 1.165) is 10.8 Å². The number of nitrogens with one attached hydrogen (secondary N) is 1. The highest BCUT2D eigenvalue weighted by molar-refractivity contribution is 5.95. The SMILES string of the molecule is CCC(C)C(NC(=O)c1cccn1CC(F)(F)F)C(=O)O. The molecule has 0 aliphatic heterocycles. The number of carbonyl (C=O) groups excluding carboxylic acids is 1. The Morgan fingerprint density at radius 2 is 2.05 bits per heavy atom. The third-order valence-corrected chi connectivity index (χ3v) is 3.18. The van der Waals surface area contributed by atoms with Gasteiger partial charge in [0, 0.05) is 6.20 Å². The van der Waals surface area contributed by atoms with Crippen LogP contribution in [0.15, 0.2) is 18.3 Å². The molecule has 5 nitrogen and oxygen atoms in total. The predicted molar refractivity (Wildman–Crippen MR) is 68.8 cm³/mol. The lowest BCUT2D eigenvalue weighted by Gasteiger charge is -2.20. The van der Waals surface area contributed by atoms with E-state index in [1.165, 1.54) is 12.1 Å². The summed E-state index contributed by atoms with van der Waals surface area (Å²) in [7, 11) is 0. The third kappa shape index (κ3) is 4.80.